The van der Waals surface area contributed by atoms with E-state index in [0.29, 0.717) is 12.8 Å². The molecule has 1 aromatic rings. The Kier molecular flexibility index (Phi) is 8.05. The van der Waals surface area contributed by atoms with Gasteiger partial charge in [0, 0.05) is 11.8 Å². The molecule has 0 aromatic heterocycles. The third kappa shape index (κ3) is 5.90. The number of carbonyl (C=O) groups excluding carboxylic acids is 1. The summed E-state index contributed by atoms with van der Waals surface area (Å²) in [5.41, 5.74) is 0.329. The number of carbonyl (C=O) groups is 1. The summed E-state index contributed by atoms with van der Waals surface area (Å²) in [7, 11) is 5.20. The number of hydrogen-bond donors (Lipinski definition) is 0. The van der Waals surface area contributed by atoms with E-state index in [1.807, 2.05) is 37.3 Å². The second-order valence-electron chi connectivity index (χ2n) is 8.81. The van der Waals surface area contributed by atoms with E-state index in [1.54, 1.807) is 0 Å². The van der Waals surface area contributed by atoms with E-state index in [1.165, 1.54) is 0 Å². The van der Waals surface area contributed by atoms with E-state index >= 15 is 0 Å². The zero-order chi connectivity index (χ0) is 21.8. The number of allylic oxidation sites excluding steroid dienone is 1. The standard InChI is InChI=1S/C23H32BFO2P2/c1-7-28(5)16-29(6)22(2,3)15-23(4)13-18(24)20(25)19(23)21(26)27-14-17-11-9-8-10-12-17/h8-12,18H,5-7,13-16H2,1-4H3/q+2. The summed E-state index contributed by atoms with van der Waals surface area (Å²) in [5, 5.41) is -0.118. The van der Waals surface area contributed by atoms with Gasteiger partial charge in [0.1, 0.15) is 38.8 Å². The molecule has 1 aliphatic rings. The van der Waals surface area contributed by atoms with Gasteiger partial charge in [-0.2, -0.15) is 0 Å². The van der Waals surface area contributed by atoms with Crippen LogP contribution in [0.25, 0.3) is 0 Å². The average Bonchev–Trinajstić information content (AvgIpc) is 2.88. The van der Waals surface area contributed by atoms with E-state index in [2.05, 4.69) is 33.4 Å². The number of ether oxygens (including phenoxy) is 1. The average molecular weight is 432 g/mol. The summed E-state index contributed by atoms with van der Waals surface area (Å²) in [5.74, 6) is -0.857. The number of rotatable bonds is 9. The smallest absolute Gasteiger partial charge is 0.337 e. The Labute approximate surface area is 178 Å². The first-order valence-electron chi connectivity index (χ1n) is 10.0. The molecule has 1 aromatic carbocycles. The van der Waals surface area contributed by atoms with Crippen LogP contribution in [0.1, 0.15) is 46.1 Å². The molecule has 0 saturated heterocycles. The van der Waals surface area contributed by atoms with Crippen LogP contribution in [0, 0.1) is 5.41 Å². The minimum absolute atomic E-state index is 0.116. The van der Waals surface area contributed by atoms with Gasteiger partial charge in [0.25, 0.3) is 5.90 Å². The molecule has 0 fully saturated rings. The molecule has 0 spiro atoms. The molecule has 29 heavy (non-hydrogen) atoms. The van der Waals surface area contributed by atoms with Gasteiger partial charge in [-0.05, 0) is 38.6 Å². The summed E-state index contributed by atoms with van der Waals surface area (Å²) in [6, 6.07) is 9.41. The van der Waals surface area contributed by atoms with Crippen molar-refractivity contribution >= 4 is 41.5 Å². The lowest BCUT2D eigenvalue weighted by Crippen LogP contribution is -2.31. The summed E-state index contributed by atoms with van der Waals surface area (Å²) in [6.45, 7) is 8.56. The maximum absolute atomic E-state index is 14.9. The Hall–Kier alpha value is -1.24. The molecule has 154 valence electrons. The molecular formula is C23H32BFO2P2+2. The van der Waals surface area contributed by atoms with Crippen LogP contribution in [0.2, 0.25) is 5.82 Å². The largest absolute Gasteiger partial charge is 0.457 e. The van der Waals surface area contributed by atoms with Gasteiger partial charge in [-0.3, -0.25) is 0 Å². The number of hydrogen-bond acceptors (Lipinski definition) is 2. The van der Waals surface area contributed by atoms with Crippen molar-refractivity contribution in [3.63, 3.8) is 0 Å². The molecule has 1 aliphatic carbocycles. The van der Waals surface area contributed by atoms with E-state index in [-0.39, 0.29) is 24.9 Å². The zero-order valence-electron chi connectivity index (χ0n) is 18.1. The molecular weight excluding hydrogens is 400 g/mol. The topological polar surface area (TPSA) is 26.3 Å². The molecule has 2 radical (unpaired) electrons. The second kappa shape index (κ2) is 9.72. The van der Waals surface area contributed by atoms with Crippen LogP contribution in [0.15, 0.2) is 41.7 Å². The third-order valence-electron chi connectivity index (χ3n) is 5.75. The van der Waals surface area contributed by atoms with Gasteiger partial charge >= 0.3 is 5.97 Å². The molecule has 0 saturated carbocycles. The summed E-state index contributed by atoms with van der Waals surface area (Å²) >= 11 is 0. The predicted octanol–water partition coefficient (Wildman–Crippen LogP) is 6.29. The first-order chi connectivity index (χ1) is 13.5. The molecule has 0 amide bonds. The fourth-order valence-electron chi connectivity index (χ4n) is 4.05. The highest BCUT2D eigenvalue weighted by molar-refractivity contribution is 7.73. The molecule has 2 nitrogen and oxygen atoms in total. The van der Waals surface area contributed by atoms with Gasteiger partial charge in [-0.25, -0.2) is 9.18 Å². The normalized spacial score (nSPS) is 23.1. The summed E-state index contributed by atoms with van der Waals surface area (Å²) in [4.78, 5) is 12.9. The Bertz CT molecular complexity index is 819. The first-order valence-corrected chi connectivity index (χ1v) is 13.6. The highest BCUT2D eigenvalue weighted by atomic mass is 31.2. The first kappa shape index (κ1) is 24.0. The Morgan fingerprint density at radius 2 is 1.97 bits per heavy atom. The molecule has 0 aliphatic heterocycles. The van der Waals surface area contributed by atoms with Crippen LogP contribution in [0.3, 0.4) is 0 Å². The van der Waals surface area contributed by atoms with Crippen LogP contribution >= 0.6 is 15.1 Å². The second-order valence-corrected chi connectivity index (χ2v) is 14.2. The fraction of sp³-hybridized carbons (Fsp3) is 0.522. The van der Waals surface area contributed by atoms with Crippen molar-refractivity contribution in [1.82, 2.24) is 0 Å². The van der Waals surface area contributed by atoms with Gasteiger partial charge in [0.2, 0.25) is 0 Å². The Morgan fingerprint density at radius 3 is 2.55 bits per heavy atom. The van der Waals surface area contributed by atoms with E-state index in [9.17, 15) is 9.18 Å². The molecule has 4 unspecified atom stereocenters. The van der Waals surface area contributed by atoms with Gasteiger partial charge in [-0.1, -0.05) is 37.3 Å². The fourth-order valence-corrected chi connectivity index (χ4v) is 8.89. The number of benzene rings is 1. The summed E-state index contributed by atoms with van der Waals surface area (Å²) < 4.78 is 20.4. The van der Waals surface area contributed by atoms with E-state index in [4.69, 9.17) is 12.6 Å². The summed E-state index contributed by atoms with van der Waals surface area (Å²) in [6.07, 6.45) is 10.8. The number of esters is 1. The lowest BCUT2D eigenvalue weighted by molar-refractivity contribution is -0.141. The van der Waals surface area contributed by atoms with Crippen molar-refractivity contribution in [2.75, 3.05) is 12.1 Å². The maximum Gasteiger partial charge on any atom is 0.337 e. The lowest BCUT2D eigenvalue weighted by atomic mass is 9.73. The quantitative estimate of drug-likeness (QED) is 0.260. The minimum atomic E-state index is -0.758. The van der Waals surface area contributed by atoms with Crippen LogP contribution in [-0.4, -0.2) is 43.6 Å². The van der Waals surface area contributed by atoms with E-state index in [0.717, 1.165) is 17.6 Å². The predicted molar refractivity (Wildman–Crippen MR) is 129 cm³/mol. The lowest BCUT2D eigenvalue weighted by Gasteiger charge is -2.32. The molecule has 0 N–H and O–H groups in total. The Balaban J connectivity index is 2.19. The van der Waals surface area contributed by atoms with Crippen molar-refractivity contribution in [3.05, 3.63) is 47.3 Å². The SMILES string of the molecule is [B]C1CC(C)(CC(C)(C)[P+](=C)C[P+](=C)CC)C(C(=O)OCc2ccccc2)=C1F. The number of halogens is 1. The van der Waals surface area contributed by atoms with Crippen LogP contribution in [0.4, 0.5) is 4.39 Å². The highest BCUT2D eigenvalue weighted by Crippen LogP contribution is 2.58. The van der Waals surface area contributed by atoms with Crippen molar-refractivity contribution in [2.45, 2.75) is 58.1 Å². The third-order valence-corrected chi connectivity index (χ3v) is 11.5. The monoisotopic (exact) mass is 432 g/mol. The minimum Gasteiger partial charge on any atom is -0.457 e. The van der Waals surface area contributed by atoms with E-state index < -0.39 is 30.6 Å². The maximum atomic E-state index is 14.9. The van der Waals surface area contributed by atoms with Gasteiger partial charge < -0.3 is 4.74 Å². The molecule has 6 heteroatoms. The highest BCUT2D eigenvalue weighted by Gasteiger charge is 2.51. The van der Waals surface area contributed by atoms with Crippen LogP contribution < -0.4 is 0 Å². The van der Waals surface area contributed by atoms with Crippen molar-refractivity contribution < 1.29 is 13.9 Å². The Morgan fingerprint density at radius 1 is 1.34 bits per heavy atom. The van der Waals surface area contributed by atoms with Gasteiger partial charge in [0.05, 0.1) is 26.0 Å². The van der Waals surface area contributed by atoms with Crippen molar-refractivity contribution in [2.24, 2.45) is 5.41 Å². The molecule has 0 bridgehead atoms. The van der Waals surface area contributed by atoms with Gasteiger partial charge in [-0.15, -0.1) is 0 Å². The molecule has 2 rings (SSSR count). The molecule has 0 heterocycles. The van der Waals surface area contributed by atoms with Crippen LogP contribution in [0.5, 0.6) is 0 Å². The zero-order valence-corrected chi connectivity index (χ0v) is 19.9. The van der Waals surface area contributed by atoms with Gasteiger partial charge in [0.15, 0.2) is 0 Å². The van der Waals surface area contributed by atoms with Crippen LogP contribution in [-0.2, 0) is 16.1 Å². The van der Waals surface area contributed by atoms with Crippen molar-refractivity contribution in [3.8, 4) is 0 Å². The molecule has 4 atom stereocenters. The van der Waals surface area contributed by atoms with Crippen molar-refractivity contribution in [1.29, 1.82) is 0 Å².